The van der Waals surface area contributed by atoms with Crippen molar-refractivity contribution in [3.05, 3.63) is 119 Å². The molecule has 0 unspecified atom stereocenters. The Morgan fingerprint density at radius 1 is 0.436 bits per heavy atom. The molecule has 0 aliphatic heterocycles. The van der Waals surface area contributed by atoms with Gasteiger partial charge in [-0.25, -0.2) is 0 Å². The van der Waals surface area contributed by atoms with E-state index in [1.54, 1.807) is 0 Å². The summed E-state index contributed by atoms with van der Waals surface area (Å²) in [4.78, 5) is 0. The van der Waals surface area contributed by atoms with Crippen LogP contribution in [-0.2, 0) is 0 Å². The van der Waals surface area contributed by atoms with Crippen LogP contribution >= 0.6 is 7.21 Å². The molecule has 39 heavy (non-hydrogen) atoms. The summed E-state index contributed by atoms with van der Waals surface area (Å²) < 4.78 is 2.52. The van der Waals surface area contributed by atoms with E-state index in [-0.39, 0.29) is 0 Å². The van der Waals surface area contributed by atoms with E-state index in [0.29, 0.717) is 23.7 Å². The number of hydrogen-bond acceptors (Lipinski definition) is 1. The van der Waals surface area contributed by atoms with Gasteiger partial charge in [0.1, 0.15) is 7.21 Å². The summed E-state index contributed by atoms with van der Waals surface area (Å²) in [6.45, 7) is 18.3. The number of anilines is 2. The second-order valence-corrected chi connectivity index (χ2v) is 14.5. The lowest BCUT2D eigenvalue weighted by Gasteiger charge is -2.43. The van der Waals surface area contributed by atoms with Gasteiger partial charge in [0.05, 0.1) is 11.4 Å². The zero-order chi connectivity index (χ0) is 28.3. The van der Waals surface area contributed by atoms with Crippen molar-refractivity contribution in [3.8, 4) is 0 Å². The Balaban J connectivity index is 2.30. The van der Waals surface area contributed by atoms with Crippen LogP contribution in [-0.4, -0.2) is 0 Å². The molecule has 1 N–H and O–H groups in total. The van der Waals surface area contributed by atoms with Gasteiger partial charge >= 0.3 is 0 Å². The predicted molar refractivity (Wildman–Crippen MR) is 173 cm³/mol. The molecule has 0 amide bonds. The van der Waals surface area contributed by atoms with E-state index in [2.05, 4.69) is 157 Å². The fourth-order valence-corrected chi connectivity index (χ4v) is 8.62. The second-order valence-electron chi connectivity index (χ2n) is 11.8. The van der Waals surface area contributed by atoms with E-state index in [9.17, 15) is 5.16 Å². The first-order valence-corrected chi connectivity index (χ1v) is 16.1. The van der Waals surface area contributed by atoms with Gasteiger partial charge in [0.2, 0.25) is 0 Å². The summed E-state index contributed by atoms with van der Waals surface area (Å²) in [5.41, 5.74) is 7.65. The van der Waals surface area contributed by atoms with Crippen LogP contribution in [0.3, 0.4) is 0 Å². The number of para-hydroxylation sites is 2. The minimum absolute atomic E-state index is 0.315. The first-order chi connectivity index (χ1) is 18.6. The quantitative estimate of drug-likeness (QED) is 0.212. The first kappa shape index (κ1) is 28.9. The van der Waals surface area contributed by atoms with Gasteiger partial charge in [0.15, 0.2) is 0 Å². The van der Waals surface area contributed by atoms with Gasteiger partial charge in [-0.05, 0) is 45.9 Å². The van der Waals surface area contributed by atoms with Crippen LogP contribution in [0.5, 0.6) is 0 Å². The molecule has 0 radical (unpaired) electrons. The van der Waals surface area contributed by atoms with Crippen molar-refractivity contribution in [3.63, 3.8) is 0 Å². The zero-order valence-corrected chi connectivity index (χ0v) is 25.8. The van der Waals surface area contributed by atoms with Crippen LogP contribution in [0.25, 0.3) is 0 Å². The van der Waals surface area contributed by atoms with E-state index in [4.69, 9.17) is 0 Å². The van der Waals surface area contributed by atoms with Crippen LogP contribution in [0.1, 0.15) is 101 Å². The third kappa shape index (κ3) is 5.50. The molecule has 0 atom stereocenters. The normalized spacial score (nSPS) is 12.1. The molecule has 0 fully saturated rings. The molecule has 4 rings (SSSR count). The molecule has 0 saturated carbocycles. The van der Waals surface area contributed by atoms with Gasteiger partial charge in [-0.3, -0.25) is 9.83 Å². The standard InChI is InChI=1S/C36H45N2P/c1-25(2)31-21-15-22-32(26(3)4)35(31)38(36-33(27(5)6)23-16-24-34(36)28(7)8)39(37,29-17-11-9-12-18-29)30-19-13-10-14-20-30/h9-28,37H,1-8H3. The maximum atomic E-state index is 10.8. The molecule has 0 bridgehead atoms. The number of rotatable bonds is 9. The van der Waals surface area contributed by atoms with Gasteiger partial charge in [-0.2, -0.15) is 0 Å². The van der Waals surface area contributed by atoms with Gasteiger partial charge in [0, 0.05) is 10.6 Å². The van der Waals surface area contributed by atoms with E-state index < -0.39 is 7.21 Å². The molecule has 3 heteroatoms. The minimum Gasteiger partial charge on any atom is -0.299 e. The van der Waals surface area contributed by atoms with Crippen LogP contribution in [0.4, 0.5) is 11.4 Å². The Morgan fingerprint density at radius 2 is 0.718 bits per heavy atom. The average molecular weight is 537 g/mol. The highest BCUT2D eigenvalue weighted by atomic mass is 31.2. The van der Waals surface area contributed by atoms with Crippen LogP contribution in [0, 0.1) is 5.16 Å². The lowest BCUT2D eigenvalue weighted by molar-refractivity contribution is 0.820. The topological polar surface area (TPSA) is 27.1 Å². The Hall–Kier alpha value is -3.09. The van der Waals surface area contributed by atoms with E-state index in [1.165, 1.54) is 33.6 Å². The molecular weight excluding hydrogens is 491 g/mol. The number of nitrogens with zero attached hydrogens (tertiary/aromatic N) is 1. The maximum Gasteiger partial charge on any atom is 0.113 e. The van der Waals surface area contributed by atoms with Crippen molar-refractivity contribution in [1.29, 1.82) is 5.16 Å². The van der Waals surface area contributed by atoms with E-state index >= 15 is 0 Å². The molecule has 0 heterocycles. The molecule has 0 aliphatic carbocycles. The Bertz CT molecular complexity index is 1280. The molecule has 0 saturated heterocycles. The van der Waals surface area contributed by atoms with Crippen LogP contribution in [0.2, 0.25) is 0 Å². The summed E-state index contributed by atoms with van der Waals surface area (Å²) in [5, 5.41) is 13.0. The fraction of sp³-hybridized carbons (Fsp3) is 0.333. The Morgan fingerprint density at radius 3 is 0.974 bits per heavy atom. The third-order valence-corrected chi connectivity index (χ3v) is 10.8. The van der Waals surface area contributed by atoms with E-state index in [1.807, 2.05) is 0 Å². The van der Waals surface area contributed by atoms with Crippen LogP contribution in [0.15, 0.2) is 97.1 Å². The second kappa shape index (κ2) is 12.0. The summed E-state index contributed by atoms with van der Waals surface area (Å²) >= 11 is 0. The SMILES string of the molecule is CC(C)c1cccc(C(C)C)c1N(c1c(C(C)C)cccc1C(C)C)P(=N)(c1ccccc1)c1ccccc1. The van der Waals surface area contributed by atoms with Gasteiger partial charge in [0.25, 0.3) is 0 Å². The summed E-state index contributed by atoms with van der Waals surface area (Å²) in [7, 11) is -2.91. The lowest BCUT2D eigenvalue weighted by Crippen LogP contribution is -2.32. The van der Waals surface area contributed by atoms with Gasteiger partial charge < -0.3 is 0 Å². The summed E-state index contributed by atoms with van der Waals surface area (Å²) in [5.74, 6) is 1.26. The molecule has 0 spiro atoms. The Labute approximate surface area is 237 Å². The van der Waals surface area contributed by atoms with Crippen molar-refractivity contribution in [2.75, 3.05) is 4.67 Å². The highest BCUT2D eigenvalue weighted by Gasteiger charge is 2.38. The third-order valence-electron chi connectivity index (χ3n) is 7.67. The highest BCUT2D eigenvalue weighted by molar-refractivity contribution is 7.81. The largest absolute Gasteiger partial charge is 0.299 e. The molecule has 204 valence electrons. The summed E-state index contributed by atoms with van der Waals surface area (Å²) in [6.07, 6.45) is 0. The fourth-order valence-electron chi connectivity index (χ4n) is 5.59. The highest BCUT2D eigenvalue weighted by Crippen LogP contribution is 2.60. The monoisotopic (exact) mass is 536 g/mol. The first-order valence-electron chi connectivity index (χ1n) is 14.4. The van der Waals surface area contributed by atoms with Crippen molar-refractivity contribution in [2.24, 2.45) is 0 Å². The maximum absolute atomic E-state index is 10.8. The molecule has 0 aromatic heterocycles. The molecular formula is C36H45N2P. The molecule has 2 nitrogen and oxygen atoms in total. The average Bonchev–Trinajstić information content (AvgIpc) is 2.93. The number of benzene rings is 4. The smallest absolute Gasteiger partial charge is 0.113 e. The summed E-state index contributed by atoms with van der Waals surface area (Å²) in [6, 6.07) is 34.7. The van der Waals surface area contributed by atoms with Crippen molar-refractivity contribution >= 4 is 29.2 Å². The molecule has 4 aromatic rings. The van der Waals surface area contributed by atoms with Crippen molar-refractivity contribution in [2.45, 2.75) is 79.1 Å². The van der Waals surface area contributed by atoms with Crippen LogP contribution < -0.4 is 15.3 Å². The number of nitrogens with one attached hydrogen (secondary N) is 1. The predicted octanol–water partition coefficient (Wildman–Crippen LogP) is 10.7. The number of hydrogen-bond donors (Lipinski definition) is 1. The molecule has 0 aliphatic rings. The zero-order valence-electron chi connectivity index (χ0n) is 24.9. The lowest BCUT2D eigenvalue weighted by atomic mass is 9.89. The van der Waals surface area contributed by atoms with Gasteiger partial charge in [-0.15, -0.1) is 0 Å². The van der Waals surface area contributed by atoms with Crippen molar-refractivity contribution in [1.82, 2.24) is 0 Å². The van der Waals surface area contributed by atoms with Crippen molar-refractivity contribution < 1.29 is 0 Å². The van der Waals surface area contributed by atoms with Gasteiger partial charge in [-0.1, -0.05) is 152 Å². The molecule has 4 aromatic carbocycles. The van der Waals surface area contributed by atoms with E-state index in [0.717, 1.165) is 10.6 Å². The minimum atomic E-state index is -2.91. The Kier molecular flexibility index (Phi) is 8.87.